The van der Waals surface area contributed by atoms with Crippen LogP contribution in [0.3, 0.4) is 0 Å². The van der Waals surface area contributed by atoms with Crippen LogP contribution in [0.1, 0.15) is 30.1 Å². The topological polar surface area (TPSA) is 51.5 Å². The van der Waals surface area contributed by atoms with Crippen LogP contribution in [-0.2, 0) is 10.3 Å². The van der Waals surface area contributed by atoms with Crippen molar-refractivity contribution in [3.8, 4) is 0 Å². The molecule has 1 saturated carbocycles. The molecule has 0 aliphatic heterocycles. The molecule has 0 atom stereocenters. The third-order valence-electron chi connectivity index (χ3n) is 2.89. The SMILES string of the molecule is CCOCC1(n2ccc(C(=O)O)c2)CC1. The Bertz CT molecular complexity index is 366. The first-order valence-corrected chi connectivity index (χ1v) is 5.17. The zero-order valence-electron chi connectivity index (χ0n) is 8.77. The van der Waals surface area contributed by atoms with Crippen LogP contribution in [0.25, 0.3) is 0 Å². The molecule has 4 nitrogen and oxygen atoms in total. The molecule has 4 heteroatoms. The van der Waals surface area contributed by atoms with E-state index in [2.05, 4.69) is 0 Å². The van der Waals surface area contributed by atoms with Gasteiger partial charge in [-0.15, -0.1) is 0 Å². The van der Waals surface area contributed by atoms with Crippen LogP contribution in [0.2, 0.25) is 0 Å². The maximum absolute atomic E-state index is 10.7. The van der Waals surface area contributed by atoms with Crippen molar-refractivity contribution in [2.24, 2.45) is 0 Å². The van der Waals surface area contributed by atoms with Gasteiger partial charge < -0.3 is 14.4 Å². The van der Waals surface area contributed by atoms with E-state index < -0.39 is 5.97 Å². The predicted molar refractivity (Wildman–Crippen MR) is 55.1 cm³/mol. The third-order valence-corrected chi connectivity index (χ3v) is 2.89. The van der Waals surface area contributed by atoms with Gasteiger partial charge in [-0.05, 0) is 25.8 Å². The molecule has 0 unspecified atom stereocenters. The lowest BCUT2D eigenvalue weighted by atomic mass is 10.3. The van der Waals surface area contributed by atoms with E-state index in [0.29, 0.717) is 18.8 Å². The average Bonchev–Trinajstić information content (AvgIpc) is 2.82. The summed E-state index contributed by atoms with van der Waals surface area (Å²) in [7, 11) is 0. The van der Waals surface area contributed by atoms with Crippen LogP contribution < -0.4 is 0 Å². The summed E-state index contributed by atoms with van der Waals surface area (Å²) in [5, 5.41) is 8.82. The molecule has 0 radical (unpaired) electrons. The number of hydrogen-bond donors (Lipinski definition) is 1. The minimum absolute atomic E-state index is 0.0315. The van der Waals surface area contributed by atoms with Crippen molar-refractivity contribution in [1.29, 1.82) is 0 Å². The quantitative estimate of drug-likeness (QED) is 0.803. The van der Waals surface area contributed by atoms with Crippen LogP contribution in [0.4, 0.5) is 0 Å². The second-order valence-electron chi connectivity index (χ2n) is 3.97. The van der Waals surface area contributed by atoms with Gasteiger partial charge in [-0.3, -0.25) is 0 Å². The average molecular weight is 209 g/mol. The minimum atomic E-state index is -0.874. The number of ether oxygens (including phenoxy) is 1. The molecule has 0 spiro atoms. The van der Waals surface area contributed by atoms with Crippen LogP contribution in [0, 0.1) is 0 Å². The second-order valence-corrected chi connectivity index (χ2v) is 3.97. The number of carbonyl (C=O) groups is 1. The van der Waals surface area contributed by atoms with E-state index in [1.807, 2.05) is 17.7 Å². The van der Waals surface area contributed by atoms with Gasteiger partial charge in [-0.1, -0.05) is 0 Å². The van der Waals surface area contributed by atoms with Crippen molar-refractivity contribution in [2.75, 3.05) is 13.2 Å². The fourth-order valence-electron chi connectivity index (χ4n) is 1.73. The molecule has 2 rings (SSSR count). The van der Waals surface area contributed by atoms with Gasteiger partial charge in [0.2, 0.25) is 0 Å². The molecule has 1 aliphatic rings. The Labute approximate surface area is 88.5 Å². The summed E-state index contributed by atoms with van der Waals surface area (Å²) >= 11 is 0. The highest BCUT2D eigenvalue weighted by Crippen LogP contribution is 2.43. The number of carboxylic acid groups (broad SMARTS) is 1. The first-order chi connectivity index (χ1) is 7.18. The number of carboxylic acids is 1. The van der Waals surface area contributed by atoms with E-state index in [4.69, 9.17) is 9.84 Å². The van der Waals surface area contributed by atoms with Gasteiger partial charge in [-0.25, -0.2) is 4.79 Å². The number of aromatic carboxylic acids is 1. The highest BCUT2D eigenvalue weighted by Gasteiger charge is 2.44. The predicted octanol–water partition coefficient (Wildman–Crippen LogP) is 1.71. The van der Waals surface area contributed by atoms with Crippen molar-refractivity contribution in [1.82, 2.24) is 4.57 Å². The van der Waals surface area contributed by atoms with Gasteiger partial charge >= 0.3 is 5.97 Å². The van der Waals surface area contributed by atoms with E-state index >= 15 is 0 Å². The molecule has 1 N–H and O–H groups in total. The summed E-state index contributed by atoms with van der Waals surface area (Å²) in [4.78, 5) is 10.7. The minimum Gasteiger partial charge on any atom is -0.478 e. The van der Waals surface area contributed by atoms with Gasteiger partial charge in [0.25, 0.3) is 0 Å². The Balaban J connectivity index is 2.11. The molecule has 1 aromatic rings. The monoisotopic (exact) mass is 209 g/mol. The van der Waals surface area contributed by atoms with Gasteiger partial charge in [0.05, 0.1) is 17.7 Å². The molecule has 1 fully saturated rings. The Hall–Kier alpha value is -1.29. The summed E-state index contributed by atoms with van der Waals surface area (Å²) in [6, 6.07) is 1.63. The number of aromatic nitrogens is 1. The van der Waals surface area contributed by atoms with Crippen molar-refractivity contribution < 1.29 is 14.6 Å². The molecule has 1 heterocycles. The zero-order chi connectivity index (χ0) is 10.9. The summed E-state index contributed by atoms with van der Waals surface area (Å²) in [6.07, 6.45) is 5.66. The smallest absolute Gasteiger partial charge is 0.337 e. The molecular formula is C11H15NO3. The van der Waals surface area contributed by atoms with Crippen LogP contribution >= 0.6 is 0 Å². The number of hydrogen-bond acceptors (Lipinski definition) is 2. The fraction of sp³-hybridized carbons (Fsp3) is 0.545. The number of rotatable bonds is 5. The van der Waals surface area contributed by atoms with E-state index in [9.17, 15) is 4.79 Å². The lowest BCUT2D eigenvalue weighted by molar-refractivity contribution is 0.0696. The number of nitrogens with zero attached hydrogens (tertiary/aromatic N) is 1. The summed E-state index contributed by atoms with van der Waals surface area (Å²) in [5.74, 6) is -0.874. The molecule has 0 bridgehead atoms. The third kappa shape index (κ3) is 1.90. The highest BCUT2D eigenvalue weighted by molar-refractivity contribution is 5.87. The summed E-state index contributed by atoms with van der Waals surface area (Å²) in [6.45, 7) is 3.35. The molecule has 82 valence electrons. The molecule has 0 aromatic carbocycles. The van der Waals surface area contributed by atoms with E-state index in [0.717, 1.165) is 12.8 Å². The molecule has 0 saturated heterocycles. The molecular weight excluding hydrogens is 194 g/mol. The molecule has 1 aliphatic carbocycles. The van der Waals surface area contributed by atoms with Crippen LogP contribution in [0.5, 0.6) is 0 Å². The van der Waals surface area contributed by atoms with Crippen molar-refractivity contribution >= 4 is 5.97 Å². The Kier molecular flexibility index (Phi) is 2.52. The largest absolute Gasteiger partial charge is 0.478 e. The Morgan fingerprint density at radius 3 is 2.87 bits per heavy atom. The Morgan fingerprint density at radius 1 is 1.67 bits per heavy atom. The molecule has 15 heavy (non-hydrogen) atoms. The van der Waals surface area contributed by atoms with Gasteiger partial charge in [0, 0.05) is 19.0 Å². The van der Waals surface area contributed by atoms with E-state index in [-0.39, 0.29) is 5.54 Å². The molecule has 1 aromatic heterocycles. The van der Waals surface area contributed by atoms with Crippen LogP contribution in [0.15, 0.2) is 18.5 Å². The van der Waals surface area contributed by atoms with Crippen molar-refractivity contribution in [3.63, 3.8) is 0 Å². The fourth-order valence-corrected chi connectivity index (χ4v) is 1.73. The Morgan fingerprint density at radius 2 is 2.40 bits per heavy atom. The lowest BCUT2D eigenvalue weighted by Gasteiger charge is -2.16. The second kappa shape index (κ2) is 3.70. The first-order valence-electron chi connectivity index (χ1n) is 5.17. The van der Waals surface area contributed by atoms with Gasteiger partial charge in [0.1, 0.15) is 0 Å². The van der Waals surface area contributed by atoms with Crippen molar-refractivity contribution in [3.05, 3.63) is 24.0 Å². The first kappa shape index (κ1) is 10.2. The zero-order valence-corrected chi connectivity index (χ0v) is 8.77. The normalized spacial score (nSPS) is 17.7. The van der Waals surface area contributed by atoms with Crippen LogP contribution in [-0.4, -0.2) is 28.9 Å². The van der Waals surface area contributed by atoms with Gasteiger partial charge in [-0.2, -0.15) is 0 Å². The van der Waals surface area contributed by atoms with E-state index in [1.54, 1.807) is 12.3 Å². The van der Waals surface area contributed by atoms with Gasteiger partial charge in [0.15, 0.2) is 0 Å². The molecule has 0 amide bonds. The van der Waals surface area contributed by atoms with Crippen molar-refractivity contribution in [2.45, 2.75) is 25.3 Å². The lowest BCUT2D eigenvalue weighted by Crippen LogP contribution is -2.22. The maximum atomic E-state index is 10.7. The van der Waals surface area contributed by atoms with E-state index in [1.165, 1.54) is 0 Å². The summed E-state index contributed by atoms with van der Waals surface area (Å²) < 4.78 is 7.39. The summed E-state index contributed by atoms with van der Waals surface area (Å²) in [5.41, 5.74) is 0.377. The maximum Gasteiger partial charge on any atom is 0.337 e. The standard InChI is InChI=1S/C11H15NO3/c1-2-15-8-11(4-5-11)12-6-3-9(7-12)10(13)14/h3,6-7H,2,4-5,8H2,1H3,(H,13,14). The highest BCUT2D eigenvalue weighted by atomic mass is 16.5.